The molecule has 0 radical (unpaired) electrons. The summed E-state index contributed by atoms with van der Waals surface area (Å²) in [7, 11) is 0. The second-order valence-electron chi connectivity index (χ2n) is 8.13. The van der Waals surface area contributed by atoms with Gasteiger partial charge in [-0.1, -0.05) is 11.6 Å². The largest absolute Gasteiger partial charge is 0.492 e. The van der Waals surface area contributed by atoms with Gasteiger partial charge >= 0.3 is 0 Å². The number of ether oxygens (including phenoxy) is 5. The zero-order valence-electron chi connectivity index (χ0n) is 20.0. The Balaban J connectivity index is 1.41. The molecule has 0 amide bonds. The van der Waals surface area contributed by atoms with Crippen molar-refractivity contribution in [2.24, 2.45) is 0 Å². The number of hydrogen-bond acceptors (Lipinski definition) is 10. The number of hydrogen-bond donors (Lipinski definition) is 3. The molecule has 1 aromatic heterocycles. The van der Waals surface area contributed by atoms with Crippen LogP contribution in [0.25, 0.3) is 22.0 Å². The minimum Gasteiger partial charge on any atom is -0.492 e. The van der Waals surface area contributed by atoms with E-state index in [0.29, 0.717) is 86.1 Å². The van der Waals surface area contributed by atoms with Gasteiger partial charge in [0.2, 0.25) is 5.95 Å². The highest BCUT2D eigenvalue weighted by Gasteiger charge is 2.23. The van der Waals surface area contributed by atoms with Gasteiger partial charge in [0, 0.05) is 10.6 Å². The predicted molar refractivity (Wildman–Crippen MR) is 138 cm³/mol. The van der Waals surface area contributed by atoms with Gasteiger partial charge in [0.15, 0.2) is 0 Å². The Morgan fingerprint density at radius 3 is 2.39 bits per heavy atom. The fourth-order valence-corrected chi connectivity index (χ4v) is 4.29. The highest BCUT2D eigenvalue weighted by molar-refractivity contribution is 6.31. The molecular weight excluding hydrogens is 488 g/mol. The average molecular weight is 519 g/mol. The number of aliphatic hydroxyl groups is 1. The van der Waals surface area contributed by atoms with Crippen LogP contribution in [0.4, 0.5) is 11.8 Å². The van der Waals surface area contributed by atoms with Gasteiger partial charge in [-0.15, -0.1) is 0 Å². The van der Waals surface area contributed by atoms with Crippen molar-refractivity contribution in [3.05, 3.63) is 34.9 Å². The fraction of sp³-hybridized carbons (Fsp3) is 0.440. The molecular formula is C25H31ClN4O6. The SMILES string of the molecule is Nc1nc(N)c2c3c(c(-c4cc(Cl)cc(OCCOCCOCCOCCO)c4)cc2n1)CCCO3. The van der Waals surface area contributed by atoms with Crippen LogP contribution in [0.1, 0.15) is 12.0 Å². The zero-order chi connectivity index (χ0) is 25.3. The van der Waals surface area contributed by atoms with Crippen molar-refractivity contribution in [3.63, 3.8) is 0 Å². The highest BCUT2D eigenvalue weighted by Crippen LogP contribution is 2.43. The molecule has 1 aliphatic heterocycles. The number of rotatable bonds is 13. The number of nitrogens with zero attached hydrogens (tertiary/aromatic N) is 2. The van der Waals surface area contributed by atoms with E-state index in [1.165, 1.54) is 0 Å². The Morgan fingerprint density at radius 1 is 0.917 bits per heavy atom. The molecule has 4 rings (SSSR count). The van der Waals surface area contributed by atoms with Crippen molar-refractivity contribution in [1.82, 2.24) is 9.97 Å². The number of nitrogen functional groups attached to an aromatic ring is 2. The van der Waals surface area contributed by atoms with Gasteiger partial charge < -0.3 is 40.3 Å². The van der Waals surface area contributed by atoms with Gasteiger partial charge in [-0.05, 0) is 48.2 Å². The van der Waals surface area contributed by atoms with E-state index in [2.05, 4.69) is 9.97 Å². The molecule has 0 saturated carbocycles. The third kappa shape index (κ3) is 6.65. The van der Waals surface area contributed by atoms with Crippen LogP contribution in [0.2, 0.25) is 5.02 Å². The van der Waals surface area contributed by atoms with Crippen LogP contribution in [-0.4, -0.2) is 74.5 Å². The first kappa shape index (κ1) is 26.2. The summed E-state index contributed by atoms with van der Waals surface area (Å²) in [5, 5.41) is 9.87. The van der Waals surface area contributed by atoms with Crippen molar-refractivity contribution in [3.8, 4) is 22.6 Å². The van der Waals surface area contributed by atoms with E-state index in [4.69, 9.17) is 51.9 Å². The molecule has 0 spiro atoms. The third-order valence-corrected chi connectivity index (χ3v) is 5.78. The summed E-state index contributed by atoms with van der Waals surface area (Å²) in [6.45, 7) is 3.49. The number of aromatic nitrogens is 2. The molecule has 194 valence electrons. The summed E-state index contributed by atoms with van der Waals surface area (Å²) in [6, 6.07) is 7.54. The molecule has 0 atom stereocenters. The molecule has 5 N–H and O–H groups in total. The lowest BCUT2D eigenvalue weighted by Gasteiger charge is -2.23. The summed E-state index contributed by atoms with van der Waals surface area (Å²) < 4.78 is 28.0. The van der Waals surface area contributed by atoms with Gasteiger partial charge in [-0.25, -0.2) is 4.98 Å². The monoisotopic (exact) mass is 518 g/mol. The topological polar surface area (TPSA) is 144 Å². The Kier molecular flexibility index (Phi) is 9.37. The predicted octanol–water partition coefficient (Wildman–Crippen LogP) is 2.86. The second kappa shape index (κ2) is 12.9. The summed E-state index contributed by atoms with van der Waals surface area (Å²) in [4.78, 5) is 8.49. The first-order valence-corrected chi connectivity index (χ1v) is 12.2. The van der Waals surface area contributed by atoms with E-state index in [0.717, 1.165) is 29.5 Å². The van der Waals surface area contributed by atoms with E-state index >= 15 is 0 Å². The Hall–Kier alpha value is -2.89. The molecule has 0 fully saturated rings. The summed E-state index contributed by atoms with van der Waals surface area (Å²) in [6.07, 6.45) is 1.72. The third-order valence-electron chi connectivity index (χ3n) is 5.57. The van der Waals surface area contributed by atoms with E-state index in [1.807, 2.05) is 18.2 Å². The highest BCUT2D eigenvalue weighted by atomic mass is 35.5. The van der Waals surface area contributed by atoms with Crippen LogP contribution in [-0.2, 0) is 20.6 Å². The minimum absolute atomic E-state index is 0.00920. The van der Waals surface area contributed by atoms with E-state index in [1.54, 1.807) is 6.07 Å². The normalized spacial score (nSPS) is 12.9. The number of nitrogens with two attached hydrogens (primary N) is 2. The number of anilines is 2. The molecule has 36 heavy (non-hydrogen) atoms. The zero-order valence-corrected chi connectivity index (χ0v) is 20.8. The van der Waals surface area contributed by atoms with Gasteiger partial charge in [-0.2, -0.15) is 4.98 Å². The maximum Gasteiger partial charge on any atom is 0.222 e. The first-order chi connectivity index (χ1) is 17.6. The molecule has 1 aliphatic rings. The average Bonchev–Trinajstić information content (AvgIpc) is 2.86. The summed E-state index contributed by atoms with van der Waals surface area (Å²) in [5.74, 6) is 1.74. The van der Waals surface area contributed by atoms with Gasteiger partial charge in [0.05, 0.1) is 63.8 Å². The molecule has 3 aromatic rings. The van der Waals surface area contributed by atoms with Crippen LogP contribution >= 0.6 is 11.6 Å². The Labute approximate surface area is 214 Å². The second-order valence-corrected chi connectivity index (χ2v) is 8.57. The molecule has 0 aliphatic carbocycles. The summed E-state index contributed by atoms with van der Waals surface area (Å²) in [5.41, 5.74) is 15.5. The maximum atomic E-state index is 8.64. The van der Waals surface area contributed by atoms with Gasteiger partial charge in [0.25, 0.3) is 0 Å². The van der Waals surface area contributed by atoms with E-state index in [9.17, 15) is 0 Å². The Morgan fingerprint density at radius 2 is 1.64 bits per heavy atom. The molecule has 2 aromatic carbocycles. The van der Waals surface area contributed by atoms with Crippen LogP contribution in [0.5, 0.6) is 11.5 Å². The lowest BCUT2D eigenvalue weighted by atomic mass is 9.92. The smallest absolute Gasteiger partial charge is 0.222 e. The van der Waals surface area contributed by atoms with Crippen molar-refractivity contribution in [2.45, 2.75) is 12.8 Å². The van der Waals surface area contributed by atoms with Gasteiger partial charge in [0.1, 0.15) is 23.9 Å². The van der Waals surface area contributed by atoms with Crippen LogP contribution in [0.3, 0.4) is 0 Å². The first-order valence-electron chi connectivity index (χ1n) is 11.9. The lowest BCUT2D eigenvalue weighted by Crippen LogP contribution is -2.13. The van der Waals surface area contributed by atoms with Crippen LogP contribution < -0.4 is 20.9 Å². The molecule has 0 bridgehead atoms. The summed E-state index contributed by atoms with van der Waals surface area (Å²) >= 11 is 6.45. The lowest BCUT2D eigenvalue weighted by molar-refractivity contribution is 0.00361. The number of aliphatic hydroxyl groups excluding tert-OH is 1. The van der Waals surface area contributed by atoms with E-state index in [-0.39, 0.29) is 12.6 Å². The molecule has 10 nitrogen and oxygen atoms in total. The van der Waals surface area contributed by atoms with Crippen LogP contribution in [0, 0.1) is 0 Å². The van der Waals surface area contributed by atoms with E-state index < -0.39 is 0 Å². The molecule has 2 heterocycles. The van der Waals surface area contributed by atoms with Crippen LogP contribution in [0.15, 0.2) is 24.3 Å². The quantitative estimate of drug-likeness (QED) is 0.289. The van der Waals surface area contributed by atoms with Crippen molar-refractivity contribution >= 4 is 34.3 Å². The molecule has 0 unspecified atom stereocenters. The van der Waals surface area contributed by atoms with Crippen molar-refractivity contribution in [2.75, 3.05) is 70.9 Å². The maximum absolute atomic E-state index is 8.64. The fourth-order valence-electron chi connectivity index (χ4n) is 4.06. The Bertz CT molecular complexity index is 1180. The number of halogens is 1. The minimum atomic E-state index is 0.00920. The standard InChI is InChI=1S/C25H31ClN4O6/c26-17-12-16(13-18(14-17)35-11-10-34-9-8-33-7-6-32-5-3-31)20-15-21-22(24(27)30-25(28)29-21)23-19(20)2-1-4-36-23/h12-15,31H,1-11H2,(H4,27,28,29,30). The van der Waals surface area contributed by atoms with Crippen molar-refractivity contribution < 1.29 is 28.8 Å². The van der Waals surface area contributed by atoms with Crippen molar-refractivity contribution in [1.29, 1.82) is 0 Å². The van der Waals surface area contributed by atoms with Gasteiger partial charge in [-0.3, -0.25) is 0 Å². The molecule has 11 heteroatoms. The molecule has 0 saturated heterocycles. The number of benzene rings is 2. The number of fused-ring (bicyclic) bond motifs is 3.